The Balaban J connectivity index is 1.98. The Hall–Kier alpha value is -0.210. The zero-order valence-electron chi connectivity index (χ0n) is 11.8. The first kappa shape index (κ1) is 15.2. The van der Waals surface area contributed by atoms with Gasteiger partial charge in [0.25, 0.3) is 10.2 Å². The van der Waals surface area contributed by atoms with Crippen LogP contribution < -0.4 is 5.32 Å². The molecule has 0 amide bonds. The maximum Gasteiger partial charge on any atom is 0.282 e. The van der Waals surface area contributed by atoms with Crippen LogP contribution in [0.25, 0.3) is 0 Å². The fourth-order valence-corrected chi connectivity index (χ4v) is 4.52. The van der Waals surface area contributed by atoms with Crippen molar-refractivity contribution in [3.63, 3.8) is 0 Å². The first-order valence-electron chi connectivity index (χ1n) is 7.12. The molecule has 2 aliphatic rings. The summed E-state index contributed by atoms with van der Waals surface area (Å²) in [5.74, 6) is 0.351. The van der Waals surface area contributed by atoms with E-state index in [1.54, 1.807) is 8.61 Å². The molecule has 0 aromatic rings. The van der Waals surface area contributed by atoms with Crippen molar-refractivity contribution in [1.29, 1.82) is 0 Å². The lowest BCUT2D eigenvalue weighted by Crippen LogP contribution is -2.55. The molecule has 0 radical (unpaired) electrons. The van der Waals surface area contributed by atoms with Gasteiger partial charge in [-0.25, -0.2) is 0 Å². The van der Waals surface area contributed by atoms with E-state index < -0.39 is 10.2 Å². The van der Waals surface area contributed by atoms with E-state index in [-0.39, 0.29) is 0 Å². The van der Waals surface area contributed by atoms with Crippen molar-refractivity contribution >= 4 is 10.2 Å². The van der Waals surface area contributed by atoms with Crippen molar-refractivity contribution in [3.05, 3.63) is 0 Å². The first-order valence-corrected chi connectivity index (χ1v) is 8.51. The molecule has 7 heteroatoms. The topological polar surface area (TPSA) is 61.9 Å². The van der Waals surface area contributed by atoms with E-state index in [1.165, 1.54) is 0 Å². The summed E-state index contributed by atoms with van der Waals surface area (Å²) in [6, 6.07) is 0.432. The van der Waals surface area contributed by atoms with Gasteiger partial charge in [-0.3, -0.25) is 0 Å². The molecule has 2 heterocycles. The van der Waals surface area contributed by atoms with Crippen LogP contribution in [0, 0.1) is 5.92 Å². The van der Waals surface area contributed by atoms with Crippen LogP contribution in [-0.2, 0) is 14.9 Å². The normalized spacial score (nSPS) is 31.5. The van der Waals surface area contributed by atoms with Crippen LogP contribution >= 0.6 is 0 Å². The van der Waals surface area contributed by atoms with Crippen LogP contribution in [0.15, 0.2) is 0 Å². The van der Waals surface area contributed by atoms with Gasteiger partial charge >= 0.3 is 0 Å². The molecule has 0 spiro atoms. The lowest BCUT2D eigenvalue weighted by atomic mass is 9.95. The average molecular weight is 291 g/mol. The minimum Gasteiger partial charge on any atom is -0.379 e. The molecule has 2 rings (SSSR count). The maximum atomic E-state index is 12.5. The van der Waals surface area contributed by atoms with Gasteiger partial charge in [0.2, 0.25) is 0 Å². The molecule has 2 unspecified atom stereocenters. The number of morpholine rings is 1. The second-order valence-electron chi connectivity index (χ2n) is 5.31. The maximum absolute atomic E-state index is 12.5. The number of ether oxygens (including phenoxy) is 1. The van der Waals surface area contributed by atoms with E-state index in [2.05, 4.69) is 19.2 Å². The van der Waals surface area contributed by atoms with Gasteiger partial charge in [-0.05, 0) is 18.9 Å². The largest absolute Gasteiger partial charge is 0.379 e. The molecule has 2 aliphatic heterocycles. The number of rotatable bonds is 4. The van der Waals surface area contributed by atoms with Gasteiger partial charge in [0.1, 0.15) is 0 Å². The lowest BCUT2D eigenvalue weighted by Gasteiger charge is -2.39. The highest BCUT2D eigenvalue weighted by atomic mass is 32.2. The van der Waals surface area contributed by atoms with Gasteiger partial charge in [-0.2, -0.15) is 17.0 Å². The Bertz CT molecular complexity index is 382. The van der Waals surface area contributed by atoms with Crippen LogP contribution in [0.5, 0.6) is 0 Å². The molecule has 0 aromatic carbocycles. The van der Waals surface area contributed by atoms with Crippen LogP contribution in [0.2, 0.25) is 0 Å². The molecule has 2 atom stereocenters. The van der Waals surface area contributed by atoms with Gasteiger partial charge < -0.3 is 10.1 Å². The minimum absolute atomic E-state index is 0.351. The Morgan fingerprint density at radius 3 is 2.47 bits per heavy atom. The third-order valence-corrected chi connectivity index (χ3v) is 5.96. The molecule has 1 N–H and O–H groups in total. The van der Waals surface area contributed by atoms with Crippen LogP contribution in [0.1, 0.15) is 20.3 Å². The molecule has 0 aliphatic carbocycles. The third-order valence-electron chi connectivity index (χ3n) is 3.96. The van der Waals surface area contributed by atoms with E-state index >= 15 is 0 Å². The highest BCUT2D eigenvalue weighted by molar-refractivity contribution is 7.86. The monoisotopic (exact) mass is 291 g/mol. The molecule has 2 fully saturated rings. The molecule has 6 nitrogen and oxygen atoms in total. The third kappa shape index (κ3) is 3.46. The molecular weight excluding hydrogens is 266 g/mol. The first-order chi connectivity index (χ1) is 9.05. The molecular formula is C12H25N3O3S. The number of nitrogens with one attached hydrogen (secondary N) is 1. The quantitative estimate of drug-likeness (QED) is 0.785. The van der Waals surface area contributed by atoms with Crippen LogP contribution in [0.3, 0.4) is 0 Å². The summed E-state index contributed by atoms with van der Waals surface area (Å²) in [4.78, 5) is 0. The van der Waals surface area contributed by atoms with Crippen molar-refractivity contribution in [2.24, 2.45) is 5.92 Å². The summed E-state index contributed by atoms with van der Waals surface area (Å²) in [5.41, 5.74) is 0. The second kappa shape index (κ2) is 6.49. The molecule has 0 bridgehead atoms. The zero-order chi connectivity index (χ0) is 13.9. The summed E-state index contributed by atoms with van der Waals surface area (Å²) in [7, 11) is -3.30. The SMILES string of the molecule is CCNC1CCN(S(=O)(=O)N2CCOCC2)CC1C. The molecule has 19 heavy (non-hydrogen) atoms. The van der Waals surface area contributed by atoms with Crippen molar-refractivity contribution in [2.45, 2.75) is 26.3 Å². The fourth-order valence-electron chi connectivity index (χ4n) is 2.82. The minimum atomic E-state index is -3.30. The summed E-state index contributed by atoms with van der Waals surface area (Å²) < 4.78 is 33.5. The van der Waals surface area contributed by atoms with Crippen molar-refractivity contribution in [1.82, 2.24) is 13.9 Å². The smallest absolute Gasteiger partial charge is 0.282 e. The Morgan fingerprint density at radius 2 is 1.89 bits per heavy atom. The molecule has 0 aromatic heterocycles. The van der Waals surface area contributed by atoms with Crippen molar-refractivity contribution in [3.8, 4) is 0 Å². The summed E-state index contributed by atoms with van der Waals surface area (Å²) in [6.07, 6.45) is 0.887. The predicted octanol–water partition coefficient (Wildman–Crippen LogP) is -0.117. The number of nitrogens with zero attached hydrogens (tertiary/aromatic N) is 2. The van der Waals surface area contributed by atoms with Gasteiger partial charge in [-0.15, -0.1) is 0 Å². The van der Waals surface area contributed by atoms with E-state index in [0.717, 1.165) is 13.0 Å². The predicted molar refractivity (Wildman–Crippen MR) is 74.1 cm³/mol. The van der Waals surface area contributed by atoms with Gasteiger partial charge in [0.15, 0.2) is 0 Å². The number of hydrogen-bond donors (Lipinski definition) is 1. The lowest BCUT2D eigenvalue weighted by molar-refractivity contribution is 0.0687. The van der Waals surface area contributed by atoms with E-state index in [4.69, 9.17) is 4.74 Å². The summed E-state index contributed by atoms with van der Waals surface area (Å²) in [6.45, 7) is 8.32. The highest BCUT2D eigenvalue weighted by Crippen LogP contribution is 2.21. The fraction of sp³-hybridized carbons (Fsp3) is 1.00. The Labute approximate surface area is 116 Å². The standard InChI is InChI=1S/C12H25N3O3S/c1-3-13-12-4-5-15(10-11(12)2)19(16,17)14-6-8-18-9-7-14/h11-13H,3-10H2,1-2H3. The Morgan fingerprint density at radius 1 is 1.21 bits per heavy atom. The second-order valence-corrected chi connectivity index (χ2v) is 7.24. The Kier molecular flexibility index (Phi) is 5.19. The summed E-state index contributed by atoms with van der Waals surface area (Å²) >= 11 is 0. The number of piperidine rings is 1. The van der Waals surface area contributed by atoms with Crippen LogP contribution in [-0.4, -0.2) is 69.0 Å². The van der Waals surface area contributed by atoms with Crippen LogP contribution in [0.4, 0.5) is 0 Å². The van der Waals surface area contributed by atoms with E-state index in [0.29, 0.717) is 51.4 Å². The zero-order valence-corrected chi connectivity index (χ0v) is 12.7. The van der Waals surface area contributed by atoms with Gasteiger partial charge in [0, 0.05) is 32.2 Å². The molecule has 0 saturated carbocycles. The van der Waals surface area contributed by atoms with E-state index in [9.17, 15) is 8.42 Å². The highest BCUT2D eigenvalue weighted by Gasteiger charge is 2.36. The van der Waals surface area contributed by atoms with Crippen molar-refractivity contribution in [2.75, 3.05) is 45.9 Å². The van der Waals surface area contributed by atoms with Gasteiger partial charge in [-0.1, -0.05) is 13.8 Å². The van der Waals surface area contributed by atoms with Gasteiger partial charge in [0.05, 0.1) is 13.2 Å². The molecule has 2 saturated heterocycles. The average Bonchev–Trinajstić information content (AvgIpc) is 2.42. The van der Waals surface area contributed by atoms with E-state index in [1.807, 2.05) is 0 Å². The summed E-state index contributed by atoms with van der Waals surface area (Å²) in [5, 5.41) is 3.43. The molecule has 112 valence electrons. The number of hydrogen-bond acceptors (Lipinski definition) is 4. The van der Waals surface area contributed by atoms with Crippen molar-refractivity contribution < 1.29 is 13.2 Å².